The summed E-state index contributed by atoms with van der Waals surface area (Å²) in [4.78, 5) is 28.1. The van der Waals surface area contributed by atoms with Gasteiger partial charge in [-0.05, 0) is 49.0 Å². The molecule has 0 atom stereocenters. The van der Waals surface area contributed by atoms with Crippen LogP contribution in [-0.4, -0.2) is 49.9 Å². The van der Waals surface area contributed by atoms with Crippen molar-refractivity contribution in [3.63, 3.8) is 0 Å². The van der Waals surface area contributed by atoms with Crippen LogP contribution in [0, 0.1) is 0 Å². The van der Waals surface area contributed by atoms with Gasteiger partial charge < -0.3 is 20.4 Å². The number of halogens is 1. The van der Waals surface area contributed by atoms with Crippen molar-refractivity contribution in [3.8, 4) is 0 Å². The summed E-state index contributed by atoms with van der Waals surface area (Å²) in [5.41, 5.74) is 3.26. The van der Waals surface area contributed by atoms with E-state index in [1.165, 1.54) is 13.0 Å². The second-order valence-electron chi connectivity index (χ2n) is 7.08. The molecule has 0 aliphatic carbocycles. The Kier molecular flexibility index (Phi) is 6.90. The molecule has 1 aliphatic rings. The van der Waals surface area contributed by atoms with Crippen LogP contribution in [0.2, 0.25) is 5.02 Å². The van der Waals surface area contributed by atoms with E-state index in [0.29, 0.717) is 10.7 Å². The van der Waals surface area contributed by atoms with E-state index >= 15 is 0 Å². The van der Waals surface area contributed by atoms with Crippen LogP contribution in [0.15, 0.2) is 48.5 Å². The fraction of sp³-hybridized carbons (Fsp3) is 0.273. The van der Waals surface area contributed by atoms with Crippen molar-refractivity contribution in [2.45, 2.75) is 6.92 Å². The second-order valence-corrected chi connectivity index (χ2v) is 7.51. The average molecular weight is 413 g/mol. The highest BCUT2D eigenvalue weighted by Crippen LogP contribution is 2.30. The highest BCUT2D eigenvalue weighted by Gasteiger charge is 2.18. The van der Waals surface area contributed by atoms with Crippen molar-refractivity contribution in [3.05, 3.63) is 59.1 Å². The summed E-state index contributed by atoms with van der Waals surface area (Å²) in [6.07, 6.45) is 3.22. The van der Waals surface area contributed by atoms with Crippen LogP contribution in [-0.2, 0) is 9.59 Å². The SMILES string of the molecule is CC(=O)Nc1ccc(/C=C/C(=O)Nc2cc(Cl)ccc2N2CCN(C)CC2)cc1. The smallest absolute Gasteiger partial charge is 0.248 e. The van der Waals surface area contributed by atoms with E-state index in [1.807, 2.05) is 24.3 Å². The molecule has 6 nitrogen and oxygen atoms in total. The third kappa shape index (κ3) is 6.07. The Morgan fingerprint density at radius 2 is 1.69 bits per heavy atom. The normalized spacial score (nSPS) is 14.8. The number of carbonyl (C=O) groups is 2. The third-order valence-corrected chi connectivity index (χ3v) is 4.95. The van der Waals surface area contributed by atoms with Gasteiger partial charge in [-0.15, -0.1) is 0 Å². The zero-order chi connectivity index (χ0) is 20.8. The van der Waals surface area contributed by atoms with Crippen LogP contribution in [0.25, 0.3) is 6.08 Å². The Labute approximate surface area is 176 Å². The van der Waals surface area contributed by atoms with Crippen LogP contribution in [0.5, 0.6) is 0 Å². The summed E-state index contributed by atoms with van der Waals surface area (Å²) in [6, 6.07) is 12.8. The van der Waals surface area contributed by atoms with Crippen LogP contribution < -0.4 is 15.5 Å². The Balaban J connectivity index is 1.67. The van der Waals surface area contributed by atoms with E-state index in [-0.39, 0.29) is 11.8 Å². The minimum absolute atomic E-state index is 0.120. The predicted octanol–water partition coefficient (Wildman–Crippen LogP) is 3.70. The number of likely N-dealkylation sites (N-methyl/N-ethyl adjacent to an activating group) is 1. The fourth-order valence-corrected chi connectivity index (χ4v) is 3.33. The molecule has 0 aromatic heterocycles. The molecule has 2 aromatic rings. The number of rotatable bonds is 5. The lowest BCUT2D eigenvalue weighted by Crippen LogP contribution is -2.44. The zero-order valence-corrected chi connectivity index (χ0v) is 17.4. The quantitative estimate of drug-likeness (QED) is 0.735. The molecule has 29 heavy (non-hydrogen) atoms. The van der Waals surface area contributed by atoms with Gasteiger partial charge in [-0.1, -0.05) is 23.7 Å². The first kappa shape index (κ1) is 20.9. The number of amides is 2. The van der Waals surface area contributed by atoms with Crippen molar-refractivity contribution in [1.29, 1.82) is 0 Å². The number of anilines is 3. The fourth-order valence-electron chi connectivity index (χ4n) is 3.16. The van der Waals surface area contributed by atoms with Crippen LogP contribution in [0.1, 0.15) is 12.5 Å². The number of piperazine rings is 1. The first-order valence-electron chi connectivity index (χ1n) is 9.50. The Bertz CT molecular complexity index is 904. The summed E-state index contributed by atoms with van der Waals surface area (Å²) in [7, 11) is 2.11. The van der Waals surface area contributed by atoms with Crippen LogP contribution >= 0.6 is 11.6 Å². The molecule has 2 N–H and O–H groups in total. The Morgan fingerprint density at radius 3 is 2.34 bits per heavy atom. The first-order chi connectivity index (χ1) is 13.9. The molecule has 0 bridgehead atoms. The zero-order valence-electron chi connectivity index (χ0n) is 16.6. The highest BCUT2D eigenvalue weighted by atomic mass is 35.5. The number of benzene rings is 2. The van der Waals surface area contributed by atoms with E-state index in [9.17, 15) is 9.59 Å². The van der Waals surface area contributed by atoms with E-state index in [2.05, 4.69) is 27.5 Å². The molecule has 2 amide bonds. The Hall–Kier alpha value is -2.83. The molecule has 1 aliphatic heterocycles. The van der Waals surface area contributed by atoms with Crippen molar-refractivity contribution in [1.82, 2.24) is 4.90 Å². The average Bonchev–Trinajstić information content (AvgIpc) is 2.68. The van der Waals surface area contributed by atoms with Crippen molar-refractivity contribution in [2.75, 3.05) is 48.8 Å². The lowest BCUT2D eigenvalue weighted by molar-refractivity contribution is -0.114. The number of nitrogens with zero attached hydrogens (tertiary/aromatic N) is 2. The van der Waals surface area contributed by atoms with Gasteiger partial charge in [0, 0.05) is 49.9 Å². The van der Waals surface area contributed by atoms with E-state index in [1.54, 1.807) is 24.3 Å². The number of nitrogens with one attached hydrogen (secondary N) is 2. The largest absolute Gasteiger partial charge is 0.367 e. The van der Waals surface area contributed by atoms with Crippen molar-refractivity contribution < 1.29 is 9.59 Å². The van der Waals surface area contributed by atoms with Crippen molar-refractivity contribution in [2.24, 2.45) is 0 Å². The molecule has 152 valence electrons. The summed E-state index contributed by atoms with van der Waals surface area (Å²) in [5.74, 6) is -0.348. The summed E-state index contributed by atoms with van der Waals surface area (Å²) in [6.45, 7) is 5.22. The number of hydrogen-bond acceptors (Lipinski definition) is 4. The molecule has 1 fully saturated rings. The maximum Gasteiger partial charge on any atom is 0.248 e. The van der Waals surface area contributed by atoms with Crippen LogP contribution in [0.4, 0.5) is 17.1 Å². The summed E-state index contributed by atoms with van der Waals surface area (Å²) >= 11 is 6.16. The molecule has 0 radical (unpaired) electrons. The molecular weight excluding hydrogens is 388 g/mol. The van der Waals surface area contributed by atoms with Gasteiger partial charge >= 0.3 is 0 Å². The van der Waals surface area contributed by atoms with Crippen LogP contribution in [0.3, 0.4) is 0 Å². The van der Waals surface area contributed by atoms with Crippen molar-refractivity contribution >= 4 is 46.6 Å². The first-order valence-corrected chi connectivity index (χ1v) is 9.88. The van der Waals surface area contributed by atoms with Gasteiger partial charge in [0.1, 0.15) is 0 Å². The standard InChI is InChI=1S/C22H25ClN4O2/c1-16(28)24-19-7-3-17(4-8-19)5-10-22(29)25-20-15-18(23)6-9-21(20)27-13-11-26(2)12-14-27/h3-10,15H,11-14H2,1-2H3,(H,24,28)(H,25,29)/b10-5+. The van der Waals surface area contributed by atoms with E-state index < -0.39 is 0 Å². The predicted molar refractivity (Wildman–Crippen MR) is 120 cm³/mol. The minimum atomic E-state index is -0.228. The van der Waals surface area contributed by atoms with E-state index in [4.69, 9.17) is 11.6 Å². The molecule has 0 saturated carbocycles. The lowest BCUT2D eigenvalue weighted by Gasteiger charge is -2.35. The molecule has 1 saturated heterocycles. The maximum absolute atomic E-state index is 12.5. The lowest BCUT2D eigenvalue weighted by atomic mass is 10.2. The third-order valence-electron chi connectivity index (χ3n) is 4.72. The molecule has 2 aromatic carbocycles. The topological polar surface area (TPSA) is 64.7 Å². The highest BCUT2D eigenvalue weighted by molar-refractivity contribution is 6.31. The molecular formula is C22H25ClN4O2. The maximum atomic E-state index is 12.5. The monoisotopic (exact) mass is 412 g/mol. The molecule has 7 heteroatoms. The Morgan fingerprint density at radius 1 is 1.00 bits per heavy atom. The molecule has 0 unspecified atom stereocenters. The molecule has 1 heterocycles. The molecule has 3 rings (SSSR count). The summed E-state index contributed by atoms with van der Waals surface area (Å²) in [5, 5.41) is 6.24. The van der Waals surface area contributed by atoms with E-state index in [0.717, 1.165) is 43.1 Å². The van der Waals surface area contributed by atoms with Gasteiger partial charge in [-0.2, -0.15) is 0 Å². The number of carbonyl (C=O) groups excluding carboxylic acids is 2. The van der Waals surface area contributed by atoms with Gasteiger partial charge in [0.05, 0.1) is 11.4 Å². The van der Waals surface area contributed by atoms with Gasteiger partial charge in [-0.25, -0.2) is 0 Å². The van der Waals surface area contributed by atoms with Gasteiger partial charge in [0.2, 0.25) is 11.8 Å². The van der Waals surface area contributed by atoms with Gasteiger partial charge in [-0.3, -0.25) is 9.59 Å². The minimum Gasteiger partial charge on any atom is -0.367 e. The molecule has 0 spiro atoms. The number of hydrogen-bond donors (Lipinski definition) is 2. The van der Waals surface area contributed by atoms with Gasteiger partial charge in [0.25, 0.3) is 0 Å². The van der Waals surface area contributed by atoms with Gasteiger partial charge in [0.15, 0.2) is 0 Å². The summed E-state index contributed by atoms with van der Waals surface area (Å²) < 4.78 is 0. The second kappa shape index (κ2) is 9.58.